The second-order valence-corrected chi connectivity index (χ2v) is 4.96. The minimum Gasteiger partial charge on any atom is -0.494 e. The molecular formula is C17H18N2O5. The van der Waals surface area contributed by atoms with Gasteiger partial charge in [-0.1, -0.05) is 0 Å². The molecule has 1 N–H and O–H groups in total. The Kier molecular flexibility index (Phi) is 5.73. The quantitative estimate of drug-likeness (QED) is 0.620. The Morgan fingerprint density at radius 2 is 1.71 bits per heavy atom. The second kappa shape index (κ2) is 7.96. The van der Waals surface area contributed by atoms with Crippen LogP contribution in [-0.2, 0) is 4.79 Å². The van der Waals surface area contributed by atoms with Crippen LogP contribution < -0.4 is 14.8 Å². The highest BCUT2D eigenvalue weighted by atomic mass is 16.6. The summed E-state index contributed by atoms with van der Waals surface area (Å²) in [5.74, 6) is 0.926. The number of carbonyl (C=O) groups excluding carboxylic acids is 1. The molecule has 7 nitrogen and oxygen atoms in total. The molecule has 1 unspecified atom stereocenters. The molecule has 0 aromatic heterocycles. The van der Waals surface area contributed by atoms with E-state index in [1.807, 2.05) is 6.92 Å². The van der Waals surface area contributed by atoms with Gasteiger partial charge in [0.05, 0.1) is 11.5 Å². The Labute approximate surface area is 139 Å². The summed E-state index contributed by atoms with van der Waals surface area (Å²) in [5, 5.41) is 13.2. The standard InChI is InChI=1S/C17H18N2O5/c1-3-23-15-8-10-16(11-9-15)24-12(2)17(20)18-13-4-6-14(7-5-13)19(21)22/h4-12H,3H2,1-2H3,(H,18,20). The molecule has 2 aromatic carbocycles. The fourth-order valence-electron chi connectivity index (χ4n) is 1.95. The van der Waals surface area contributed by atoms with Crippen molar-refractivity contribution in [1.82, 2.24) is 0 Å². The number of hydrogen-bond donors (Lipinski definition) is 1. The van der Waals surface area contributed by atoms with E-state index < -0.39 is 11.0 Å². The molecular weight excluding hydrogens is 312 g/mol. The van der Waals surface area contributed by atoms with Crippen molar-refractivity contribution >= 4 is 17.3 Å². The highest BCUT2D eigenvalue weighted by Crippen LogP contribution is 2.19. The molecule has 1 atom stereocenters. The van der Waals surface area contributed by atoms with E-state index in [4.69, 9.17) is 9.47 Å². The molecule has 1 amide bonds. The van der Waals surface area contributed by atoms with E-state index >= 15 is 0 Å². The van der Waals surface area contributed by atoms with Crippen molar-refractivity contribution in [2.75, 3.05) is 11.9 Å². The van der Waals surface area contributed by atoms with Crippen LogP contribution in [0.15, 0.2) is 48.5 Å². The number of ether oxygens (including phenoxy) is 2. The molecule has 2 rings (SSSR count). The number of non-ortho nitro benzene ring substituents is 1. The van der Waals surface area contributed by atoms with Crippen LogP contribution in [-0.4, -0.2) is 23.5 Å². The number of carbonyl (C=O) groups is 1. The lowest BCUT2D eigenvalue weighted by molar-refractivity contribution is -0.384. The van der Waals surface area contributed by atoms with Crippen LogP contribution in [0.3, 0.4) is 0 Å². The largest absolute Gasteiger partial charge is 0.494 e. The minimum absolute atomic E-state index is 0.0355. The third-order valence-electron chi connectivity index (χ3n) is 3.16. The Hall–Kier alpha value is -3.09. The van der Waals surface area contributed by atoms with Gasteiger partial charge in [0.2, 0.25) is 0 Å². The molecule has 0 bridgehead atoms. The van der Waals surface area contributed by atoms with E-state index in [2.05, 4.69) is 5.32 Å². The Balaban J connectivity index is 1.92. The predicted octanol–water partition coefficient (Wildman–Crippen LogP) is 3.40. The molecule has 0 saturated carbocycles. The number of anilines is 1. The van der Waals surface area contributed by atoms with Crippen LogP contribution in [0, 0.1) is 10.1 Å². The normalized spacial score (nSPS) is 11.4. The van der Waals surface area contributed by atoms with Crippen molar-refractivity contribution in [3.63, 3.8) is 0 Å². The minimum atomic E-state index is -0.724. The van der Waals surface area contributed by atoms with Gasteiger partial charge < -0.3 is 14.8 Å². The Morgan fingerprint density at radius 3 is 2.25 bits per heavy atom. The van der Waals surface area contributed by atoms with Gasteiger partial charge in [-0.15, -0.1) is 0 Å². The molecule has 0 fully saturated rings. The van der Waals surface area contributed by atoms with Gasteiger partial charge in [-0.05, 0) is 50.2 Å². The zero-order chi connectivity index (χ0) is 17.5. The molecule has 0 saturated heterocycles. The van der Waals surface area contributed by atoms with Crippen molar-refractivity contribution in [1.29, 1.82) is 0 Å². The number of rotatable bonds is 7. The summed E-state index contributed by atoms with van der Waals surface area (Å²) in [7, 11) is 0. The number of hydrogen-bond acceptors (Lipinski definition) is 5. The molecule has 0 aliphatic heterocycles. The van der Waals surface area contributed by atoms with Crippen LogP contribution in [0.4, 0.5) is 11.4 Å². The maximum Gasteiger partial charge on any atom is 0.269 e. The molecule has 126 valence electrons. The summed E-state index contributed by atoms with van der Waals surface area (Å²) >= 11 is 0. The smallest absolute Gasteiger partial charge is 0.269 e. The predicted molar refractivity (Wildman–Crippen MR) is 89.4 cm³/mol. The monoisotopic (exact) mass is 330 g/mol. The Morgan fingerprint density at radius 1 is 1.12 bits per heavy atom. The van der Waals surface area contributed by atoms with Crippen LogP contribution in [0.25, 0.3) is 0 Å². The maximum absolute atomic E-state index is 12.1. The first-order valence-electron chi connectivity index (χ1n) is 7.44. The van der Waals surface area contributed by atoms with Crippen LogP contribution in [0.2, 0.25) is 0 Å². The molecule has 2 aromatic rings. The van der Waals surface area contributed by atoms with Gasteiger partial charge in [0.25, 0.3) is 11.6 Å². The van der Waals surface area contributed by atoms with Gasteiger partial charge in [0.1, 0.15) is 11.5 Å². The van der Waals surface area contributed by atoms with Crippen molar-refractivity contribution in [2.45, 2.75) is 20.0 Å². The van der Waals surface area contributed by atoms with E-state index in [1.54, 1.807) is 31.2 Å². The van der Waals surface area contributed by atoms with Crippen LogP contribution in [0.5, 0.6) is 11.5 Å². The van der Waals surface area contributed by atoms with Crippen molar-refractivity contribution in [3.05, 3.63) is 58.6 Å². The number of benzene rings is 2. The van der Waals surface area contributed by atoms with Gasteiger partial charge in [0, 0.05) is 17.8 Å². The molecule has 7 heteroatoms. The van der Waals surface area contributed by atoms with Gasteiger partial charge in [-0.2, -0.15) is 0 Å². The topological polar surface area (TPSA) is 90.7 Å². The maximum atomic E-state index is 12.1. The molecule has 0 aliphatic rings. The lowest BCUT2D eigenvalue weighted by Gasteiger charge is -2.15. The first-order valence-corrected chi connectivity index (χ1v) is 7.44. The number of nitro groups is 1. The van der Waals surface area contributed by atoms with Gasteiger partial charge in [-0.25, -0.2) is 0 Å². The summed E-state index contributed by atoms with van der Waals surface area (Å²) in [6.07, 6.45) is -0.724. The number of nitrogens with one attached hydrogen (secondary N) is 1. The second-order valence-electron chi connectivity index (χ2n) is 4.96. The highest BCUT2D eigenvalue weighted by molar-refractivity contribution is 5.94. The molecule has 0 spiro atoms. The third-order valence-corrected chi connectivity index (χ3v) is 3.16. The molecule has 0 heterocycles. The van der Waals surface area contributed by atoms with E-state index in [9.17, 15) is 14.9 Å². The summed E-state index contributed by atoms with van der Waals surface area (Å²) in [6.45, 7) is 4.10. The number of amides is 1. The molecule has 0 radical (unpaired) electrons. The Bertz CT molecular complexity index is 698. The zero-order valence-corrected chi connectivity index (χ0v) is 13.4. The molecule has 0 aliphatic carbocycles. The average molecular weight is 330 g/mol. The highest BCUT2D eigenvalue weighted by Gasteiger charge is 2.15. The van der Waals surface area contributed by atoms with Gasteiger partial charge in [-0.3, -0.25) is 14.9 Å². The van der Waals surface area contributed by atoms with Gasteiger partial charge >= 0.3 is 0 Å². The summed E-state index contributed by atoms with van der Waals surface area (Å²) in [6, 6.07) is 12.6. The van der Waals surface area contributed by atoms with E-state index in [0.29, 0.717) is 18.0 Å². The van der Waals surface area contributed by atoms with Crippen molar-refractivity contribution in [3.8, 4) is 11.5 Å². The third kappa shape index (κ3) is 4.70. The van der Waals surface area contributed by atoms with E-state index in [-0.39, 0.29) is 11.6 Å². The first-order chi connectivity index (χ1) is 11.5. The van der Waals surface area contributed by atoms with Crippen LogP contribution >= 0.6 is 0 Å². The SMILES string of the molecule is CCOc1ccc(OC(C)C(=O)Nc2ccc([N+](=O)[O-])cc2)cc1. The summed E-state index contributed by atoms with van der Waals surface area (Å²) in [5.41, 5.74) is 0.430. The number of nitrogens with zero attached hydrogens (tertiary/aromatic N) is 1. The molecule has 24 heavy (non-hydrogen) atoms. The summed E-state index contributed by atoms with van der Waals surface area (Å²) in [4.78, 5) is 22.2. The lowest BCUT2D eigenvalue weighted by Crippen LogP contribution is -2.30. The van der Waals surface area contributed by atoms with Crippen LogP contribution in [0.1, 0.15) is 13.8 Å². The summed E-state index contributed by atoms with van der Waals surface area (Å²) < 4.78 is 10.9. The van der Waals surface area contributed by atoms with Crippen molar-refractivity contribution in [2.24, 2.45) is 0 Å². The fourth-order valence-corrected chi connectivity index (χ4v) is 1.95. The lowest BCUT2D eigenvalue weighted by atomic mass is 10.2. The first kappa shape index (κ1) is 17.3. The van der Waals surface area contributed by atoms with E-state index in [1.165, 1.54) is 24.3 Å². The van der Waals surface area contributed by atoms with Gasteiger partial charge in [0.15, 0.2) is 6.10 Å². The fraction of sp³-hybridized carbons (Fsp3) is 0.235. The van der Waals surface area contributed by atoms with E-state index in [0.717, 1.165) is 5.75 Å². The van der Waals surface area contributed by atoms with Crippen molar-refractivity contribution < 1.29 is 19.2 Å². The zero-order valence-electron chi connectivity index (χ0n) is 13.4. The number of nitro benzene ring substituents is 1. The average Bonchev–Trinajstić information content (AvgIpc) is 2.57.